The third-order valence-electron chi connectivity index (χ3n) is 2.33. The van der Waals surface area contributed by atoms with E-state index in [0.717, 1.165) is 6.07 Å². The molecule has 0 amide bonds. The summed E-state index contributed by atoms with van der Waals surface area (Å²) >= 11 is 2.94. The third kappa shape index (κ3) is 4.14. The molecule has 0 aliphatic carbocycles. The third-order valence-corrected chi connectivity index (χ3v) is 2.94. The van der Waals surface area contributed by atoms with E-state index in [1.54, 1.807) is 0 Å². The molecule has 0 unspecified atom stereocenters. The van der Waals surface area contributed by atoms with Crippen molar-refractivity contribution in [3.8, 4) is 0 Å². The van der Waals surface area contributed by atoms with Crippen LogP contribution in [0.1, 0.15) is 37.6 Å². The van der Waals surface area contributed by atoms with Gasteiger partial charge in [-0.3, -0.25) is 4.79 Å². The Labute approximate surface area is 114 Å². The molecule has 1 rings (SSSR count). The van der Waals surface area contributed by atoms with Gasteiger partial charge in [0, 0.05) is 18.5 Å². The van der Waals surface area contributed by atoms with Gasteiger partial charge in [0.15, 0.2) is 11.6 Å². The number of Topliss-reactive ketones (excluding diaryl/α,β-unsaturated/α-hetero) is 1. The van der Waals surface area contributed by atoms with E-state index in [1.165, 1.54) is 6.07 Å². The Kier molecular flexibility index (Phi) is 4.99. The van der Waals surface area contributed by atoms with Gasteiger partial charge < -0.3 is 5.32 Å². The molecule has 0 fully saturated rings. The van der Waals surface area contributed by atoms with Gasteiger partial charge in [-0.05, 0) is 48.8 Å². The van der Waals surface area contributed by atoms with Crippen molar-refractivity contribution < 1.29 is 13.6 Å². The maximum absolute atomic E-state index is 13.6. The van der Waals surface area contributed by atoms with Gasteiger partial charge in [0.1, 0.15) is 5.82 Å². The molecule has 1 N–H and O–H groups in total. The summed E-state index contributed by atoms with van der Waals surface area (Å²) < 4.78 is 27.2. The molecule has 0 saturated heterocycles. The van der Waals surface area contributed by atoms with Crippen molar-refractivity contribution in [2.75, 3.05) is 6.54 Å². The number of hydrogen-bond acceptors (Lipinski definition) is 2. The van der Waals surface area contributed by atoms with Crippen LogP contribution in [0.3, 0.4) is 0 Å². The van der Waals surface area contributed by atoms with Gasteiger partial charge in [-0.1, -0.05) is 0 Å². The number of carbonyl (C=O) groups is 1. The van der Waals surface area contributed by atoms with E-state index < -0.39 is 23.0 Å². The van der Waals surface area contributed by atoms with Crippen molar-refractivity contribution in [1.82, 2.24) is 5.32 Å². The van der Waals surface area contributed by atoms with Crippen LogP contribution in [-0.4, -0.2) is 17.9 Å². The Balaban J connectivity index is 2.76. The first-order valence-electron chi connectivity index (χ1n) is 5.64. The average Bonchev–Trinajstić information content (AvgIpc) is 2.22. The fraction of sp³-hybridized carbons (Fsp3) is 0.462. The summed E-state index contributed by atoms with van der Waals surface area (Å²) in [6, 6.07) is 2.33. The molecule has 1 aromatic carbocycles. The van der Waals surface area contributed by atoms with Crippen LogP contribution in [0.25, 0.3) is 0 Å². The Hall–Kier alpha value is -0.810. The zero-order valence-corrected chi connectivity index (χ0v) is 12.2. The highest BCUT2D eigenvalue weighted by atomic mass is 79.9. The standard InChI is InChI=1S/C13H16BrF2NO/c1-13(2,3)17-7-6-10(18)11-9(15)5-4-8(14)12(11)16/h4-5,17H,6-7H2,1-3H3. The van der Waals surface area contributed by atoms with Crippen LogP contribution >= 0.6 is 15.9 Å². The predicted molar refractivity (Wildman–Crippen MR) is 70.8 cm³/mol. The predicted octanol–water partition coefficient (Wildman–Crippen LogP) is 3.69. The molecule has 0 aliphatic rings. The second kappa shape index (κ2) is 5.89. The fourth-order valence-electron chi connectivity index (χ4n) is 1.46. The first kappa shape index (κ1) is 15.2. The Morgan fingerprint density at radius 3 is 2.50 bits per heavy atom. The van der Waals surface area contributed by atoms with Crippen molar-refractivity contribution in [2.24, 2.45) is 0 Å². The van der Waals surface area contributed by atoms with E-state index in [2.05, 4.69) is 21.2 Å². The lowest BCUT2D eigenvalue weighted by molar-refractivity contribution is 0.0972. The summed E-state index contributed by atoms with van der Waals surface area (Å²) in [5.41, 5.74) is -0.602. The second-order valence-electron chi connectivity index (χ2n) is 5.07. The monoisotopic (exact) mass is 319 g/mol. The highest BCUT2D eigenvalue weighted by molar-refractivity contribution is 9.10. The van der Waals surface area contributed by atoms with Crippen LogP contribution in [0.5, 0.6) is 0 Å². The molecular weight excluding hydrogens is 304 g/mol. The largest absolute Gasteiger partial charge is 0.312 e. The molecule has 0 aromatic heterocycles. The lowest BCUT2D eigenvalue weighted by Crippen LogP contribution is -2.37. The van der Waals surface area contributed by atoms with Gasteiger partial charge in [0.25, 0.3) is 0 Å². The van der Waals surface area contributed by atoms with Crippen molar-refractivity contribution >= 4 is 21.7 Å². The highest BCUT2D eigenvalue weighted by Gasteiger charge is 2.19. The molecule has 0 heterocycles. The summed E-state index contributed by atoms with van der Waals surface area (Å²) in [6.07, 6.45) is 0.0571. The molecule has 0 aliphatic heterocycles. The molecule has 100 valence electrons. The number of carbonyl (C=O) groups excluding carboxylic acids is 1. The summed E-state index contributed by atoms with van der Waals surface area (Å²) in [7, 11) is 0. The molecule has 2 nitrogen and oxygen atoms in total. The average molecular weight is 320 g/mol. The van der Waals surface area contributed by atoms with Gasteiger partial charge in [-0.2, -0.15) is 0 Å². The SMILES string of the molecule is CC(C)(C)NCCC(=O)c1c(F)ccc(Br)c1F. The van der Waals surface area contributed by atoms with Crippen LogP contribution in [0.15, 0.2) is 16.6 Å². The zero-order chi connectivity index (χ0) is 13.9. The lowest BCUT2D eigenvalue weighted by atomic mass is 10.1. The molecule has 0 bridgehead atoms. The number of halogens is 3. The number of benzene rings is 1. The molecule has 5 heteroatoms. The molecule has 0 atom stereocenters. The van der Waals surface area contributed by atoms with Crippen molar-refractivity contribution in [2.45, 2.75) is 32.7 Å². The number of hydrogen-bond donors (Lipinski definition) is 1. The minimum absolute atomic E-state index is 0.0571. The Morgan fingerprint density at radius 1 is 1.33 bits per heavy atom. The smallest absolute Gasteiger partial charge is 0.170 e. The first-order valence-corrected chi connectivity index (χ1v) is 6.43. The normalized spacial score (nSPS) is 11.7. The molecule has 0 saturated carbocycles. The number of rotatable bonds is 4. The molecule has 0 spiro atoms. The zero-order valence-electron chi connectivity index (χ0n) is 10.6. The fourth-order valence-corrected chi connectivity index (χ4v) is 1.79. The summed E-state index contributed by atoms with van der Waals surface area (Å²) in [6.45, 7) is 6.25. The minimum atomic E-state index is -0.837. The van der Waals surface area contributed by atoms with Crippen LogP contribution in [0.4, 0.5) is 8.78 Å². The van der Waals surface area contributed by atoms with E-state index in [4.69, 9.17) is 0 Å². The molecule has 18 heavy (non-hydrogen) atoms. The quantitative estimate of drug-likeness (QED) is 0.677. The van der Waals surface area contributed by atoms with Crippen LogP contribution in [0, 0.1) is 11.6 Å². The van der Waals surface area contributed by atoms with Crippen molar-refractivity contribution in [3.63, 3.8) is 0 Å². The molecule has 1 aromatic rings. The van der Waals surface area contributed by atoms with Gasteiger partial charge in [-0.25, -0.2) is 8.78 Å². The van der Waals surface area contributed by atoms with Crippen LogP contribution in [-0.2, 0) is 0 Å². The van der Waals surface area contributed by atoms with E-state index in [9.17, 15) is 13.6 Å². The van der Waals surface area contributed by atoms with E-state index in [1.807, 2.05) is 20.8 Å². The van der Waals surface area contributed by atoms with Gasteiger partial charge in [0.05, 0.1) is 10.0 Å². The molecular formula is C13H16BrF2NO. The summed E-state index contributed by atoms with van der Waals surface area (Å²) in [5.74, 6) is -2.20. The van der Waals surface area contributed by atoms with Crippen molar-refractivity contribution in [3.05, 3.63) is 33.8 Å². The van der Waals surface area contributed by atoms with Gasteiger partial charge in [-0.15, -0.1) is 0 Å². The summed E-state index contributed by atoms with van der Waals surface area (Å²) in [5, 5.41) is 3.10. The topological polar surface area (TPSA) is 29.1 Å². The van der Waals surface area contributed by atoms with Gasteiger partial charge >= 0.3 is 0 Å². The van der Waals surface area contributed by atoms with Crippen LogP contribution in [0.2, 0.25) is 0 Å². The summed E-state index contributed by atoms with van der Waals surface area (Å²) in [4.78, 5) is 11.8. The highest BCUT2D eigenvalue weighted by Crippen LogP contribution is 2.22. The number of ketones is 1. The Bertz CT molecular complexity index is 455. The van der Waals surface area contributed by atoms with E-state index in [-0.39, 0.29) is 16.4 Å². The maximum Gasteiger partial charge on any atom is 0.170 e. The Morgan fingerprint density at radius 2 is 1.94 bits per heavy atom. The second-order valence-corrected chi connectivity index (χ2v) is 5.92. The molecule has 0 radical (unpaired) electrons. The van der Waals surface area contributed by atoms with Crippen molar-refractivity contribution in [1.29, 1.82) is 0 Å². The van der Waals surface area contributed by atoms with Gasteiger partial charge in [0.2, 0.25) is 0 Å². The van der Waals surface area contributed by atoms with E-state index >= 15 is 0 Å². The maximum atomic E-state index is 13.6. The number of nitrogens with one attached hydrogen (secondary N) is 1. The van der Waals surface area contributed by atoms with Crippen LogP contribution < -0.4 is 5.32 Å². The van der Waals surface area contributed by atoms with E-state index in [0.29, 0.717) is 6.54 Å². The first-order chi connectivity index (χ1) is 8.22. The lowest BCUT2D eigenvalue weighted by Gasteiger charge is -2.20. The minimum Gasteiger partial charge on any atom is -0.312 e.